The first-order valence-electron chi connectivity index (χ1n) is 7.65. The van der Waals surface area contributed by atoms with Crippen LogP contribution in [0.2, 0.25) is 0 Å². The molecule has 2 aromatic carbocycles. The van der Waals surface area contributed by atoms with Gasteiger partial charge in [0, 0.05) is 5.39 Å². The summed E-state index contributed by atoms with van der Waals surface area (Å²) >= 11 is 0. The lowest BCUT2D eigenvalue weighted by Crippen LogP contribution is -2.39. The molecular weight excluding hydrogens is 304 g/mol. The van der Waals surface area contributed by atoms with E-state index in [1.54, 1.807) is 43.3 Å². The number of benzene rings is 2. The van der Waals surface area contributed by atoms with Crippen LogP contribution in [-0.2, 0) is 5.60 Å². The molecule has 0 fully saturated rings. The number of carbonyl (C=O) groups excluding carboxylic acids is 1. The van der Waals surface area contributed by atoms with E-state index in [-0.39, 0.29) is 17.8 Å². The summed E-state index contributed by atoms with van der Waals surface area (Å²) in [5, 5.41) is 14.4. The van der Waals surface area contributed by atoms with Gasteiger partial charge in [-0.05, 0) is 30.0 Å². The van der Waals surface area contributed by atoms with Crippen LogP contribution in [0, 0.1) is 0 Å². The summed E-state index contributed by atoms with van der Waals surface area (Å²) in [5.74, 6) is -0.436. The fourth-order valence-corrected chi connectivity index (χ4v) is 2.58. The molecule has 1 atom stereocenters. The quantitative estimate of drug-likeness (QED) is 0.688. The lowest BCUT2D eigenvalue weighted by molar-refractivity contribution is 0.0525. The zero-order valence-electron chi connectivity index (χ0n) is 13.2. The molecule has 0 saturated carbocycles. The van der Waals surface area contributed by atoms with Crippen molar-refractivity contribution in [3.8, 4) is 0 Å². The average Bonchev–Trinajstić information content (AvgIpc) is 2.60. The second kappa shape index (κ2) is 6.29. The van der Waals surface area contributed by atoms with Gasteiger partial charge in [-0.1, -0.05) is 48.5 Å². The van der Waals surface area contributed by atoms with Gasteiger partial charge in [-0.2, -0.15) is 0 Å². The van der Waals surface area contributed by atoms with Gasteiger partial charge in [-0.15, -0.1) is 0 Å². The standard InChI is InChI=1S/C19H18N2O3/c1-19(24,14-8-3-2-4-9-14)12-20-18(23)16-11-13-7-5-6-10-15(13)17(22)21-16/h2-11,24H,12H2,1H3,(H,20,23)(H,21,22). The number of nitrogens with one attached hydrogen (secondary N) is 2. The minimum Gasteiger partial charge on any atom is -0.384 e. The van der Waals surface area contributed by atoms with Crippen molar-refractivity contribution in [2.75, 3.05) is 6.54 Å². The van der Waals surface area contributed by atoms with E-state index in [9.17, 15) is 14.7 Å². The number of aromatic nitrogens is 1. The van der Waals surface area contributed by atoms with Crippen molar-refractivity contribution >= 4 is 16.7 Å². The second-order valence-corrected chi connectivity index (χ2v) is 5.92. The Morgan fingerprint density at radius 2 is 1.79 bits per heavy atom. The molecule has 0 radical (unpaired) electrons. The van der Waals surface area contributed by atoms with Crippen LogP contribution in [-0.4, -0.2) is 22.5 Å². The van der Waals surface area contributed by atoms with E-state index in [0.717, 1.165) is 0 Å². The maximum absolute atomic E-state index is 12.3. The molecule has 0 saturated heterocycles. The molecule has 24 heavy (non-hydrogen) atoms. The van der Waals surface area contributed by atoms with Gasteiger partial charge in [0.1, 0.15) is 11.3 Å². The van der Waals surface area contributed by atoms with Crippen LogP contribution < -0.4 is 10.9 Å². The molecule has 0 aliphatic heterocycles. The zero-order chi connectivity index (χ0) is 17.2. The van der Waals surface area contributed by atoms with Crippen LogP contribution >= 0.6 is 0 Å². The molecule has 3 N–H and O–H groups in total. The number of pyridine rings is 1. The maximum atomic E-state index is 12.3. The number of hydrogen-bond acceptors (Lipinski definition) is 3. The molecule has 1 unspecified atom stereocenters. The van der Waals surface area contributed by atoms with E-state index in [0.29, 0.717) is 16.3 Å². The van der Waals surface area contributed by atoms with E-state index in [1.165, 1.54) is 0 Å². The fraction of sp³-hybridized carbons (Fsp3) is 0.158. The van der Waals surface area contributed by atoms with Gasteiger partial charge in [-0.3, -0.25) is 9.59 Å². The van der Waals surface area contributed by atoms with Gasteiger partial charge >= 0.3 is 0 Å². The van der Waals surface area contributed by atoms with Crippen LogP contribution in [0.3, 0.4) is 0 Å². The first-order chi connectivity index (χ1) is 11.5. The number of rotatable bonds is 4. The van der Waals surface area contributed by atoms with Crippen LogP contribution in [0.5, 0.6) is 0 Å². The van der Waals surface area contributed by atoms with Crippen LogP contribution in [0.4, 0.5) is 0 Å². The highest BCUT2D eigenvalue weighted by molar-refractivity contribution is 5.96. The minimum absolute atomic E-state index is 0.0324. The van der Waals surface area contributed by atoms with Crippen molar-refractivity contribution in [3.05, 3.63) is 82.3 Å². The minimum atomic E-state index is -1.20. The van der Waals surface area contributed by atoms with E-state index in [2.05, 4.69) is 10.3 Å². The Kier molecular flexibility index (Phi) is 4.18. The molecule has 0 aliphatic carbocycles. The number of amides is 1. The van der Waals surface area contributed by atoms with Crippen LogP contribution in [0.25, 0.3) is 10.8 Å². The monoisotopic (exact) mass is 322 g/mol. The Hall–Kier alpha value is -2.92. The van der Waals surface area contributed by atoms with Gasteiger partial charge in [0.2, 0.25) is 0 Å². The molecule has 5 heteroatoms. The van der Waals surface area contributed by atoms with Crippen molar-refractivity contribution in [2.24, 2.45) is 0 Å². The van der Waals surface area contributed by atoms with Crippen molar-refractivity contribution in [1.29, 1.82) is 0 Å². The summed E-state index contributed by atoms with van der Waals surface area (Å²) in [6.45, 7) is 1.66. The van der Waals surface area contributed by atoms with Gasteiger partial charge < -0.3 is 15.4 Å². The Bertz CT molecular complexity index is 930. The number of carbonyl (C=O) groups is 1. The lowest BCUT2D eigenvalue weighted by atomic mass is 9.96. The molecule has 1 heterocycles. The van der Waals surface area contributed by atoms with E-state index in [4.69, 9.17) is 0 Å². The molecule has 122 valence electrons. The van der Waals surface area contributed by atoms with Crippen LogP contribution in [0.1, 0.15) is 23.0 Å². The Balaban J connectivity index is 1.79. The average molecular weight is 322 g/mol. The molecule has 1 amide bonds. The largest absolute Gasteiger partial charge is 0.384 e. The van der Waals surface area contributed by atoms with Gasteiger partial charge in [0.15, 0.2) is 0 Å². The maximum Gasteiger partial charge on any atom is 0.267 e. The third-order valence-electron chi connectivity index (χ3n) is 3.99. The first-order valence-corrected chi connectivity index (χ1v) is 7.65. The predicted molar refractivity (Wildman–Crippen MR) is 92.9 cm³/mol. The molecule has 1 aromatic heterocycles. The third kappa shape index (κ3) is 3.21. The molecule has 0 aliphatic rings. The van der Waals surface area contributed by atoms with E-state index >= 15 is 0 Å². The smallest absolute Gasteiger partial charge is 0.267 e. The Morgan fingerprint density at radius 1 is 1.12 bits per heavy atom. The summed E-state index contributed by atoms with van der Waals surface area (Å²) in [5.41, 5.74) is -0.637. The second-order valence-electron chi connectivity index (χ2n) is 5.92. The summed E-state index contributed by atoms with van der Waals surface area (Å²) in [4.78, 5) is 26.9. The van der Waals surface area contributed by atoms with E-state index in [1.807, 2.05) is 24.3 Å². The molecule has 5 nitrogen and oxygen atoms in total. The summed E-state index contributed by atoms with van der Waals surface area (Å²) < 4.78 is 0. The molecular formula is C19H18N2O3. The summed E-state index contributed by atoms with van der Waals surface area (Å²) in [6, 6.07) is 17.8. The van der Waals surface area contributed by atoms with Crippen molar-refractivity contribution in [2.45, 2.75) is 12.5 Å². The normalized spacial score (nSPS) is 13.4. The number of H-pyrrole nitrogens is 1. The zero-order valence-corrected chi connectivity index (χ0v) is 13.2. The number of aliphatic hydroxyl groups is 1. The first kappa shape index (κ1) is 16.0. The highest BCUT2D eigenvalue weighted by Gasteiger charge is 2.24. The Morgan fingerprint density at radius 3 is 2.54 bits per heavy atom. The van der Waals surface area contributed by atoms with Crippen molar-refractivity contribution < 1.29 is 9.90 Å². The summed E-state index contributed by atoms with van der Waals surface area (Å²) in [7, 11) is 0. The summed E-state index contributed by atoms with van der Waals surface area (Å²) in [6.07, 6.45) is 0. The Labute approximate surface area is 139 Å². The highest BCUT2D eigenvalue weighted by atomic mass is 16.3. The van der Waals surface area contributed by atoms with Crippen molar-refractivity contribution in [3.63, 3.8) is 0 Å². The third-order valence-corrected chi connectivity index (χ3v) is 3.99. The van der Waals surface area contributed by atoms with Crippen LogP contribution in [0.15, 0.2) is 65.5 Å². The molecule has 3 rings (SSSR count). The van der Waals surface area contributed by atoms with Crippen molar-refractivity contribution in [1.82, 2.24) is 10.3 Å². The SMILES string of the molecule is CC(O)(CNC(=O)c1cc2ccccc2c(=O)[nH]1)c1ccccc1. The molecule has 3 aromatic rings. The fourth-order valence-electron chi connectivity index (χ4n) is 2.58. The lowest BCUT2D eigenvalue weighted by Gasteiger charge is -2.24. The van der Waals surface area contributed by atoms with E-state index < -0.39 is 11.5 Å². The topological polar surface area (TPSA) is 82.2 Å². The highest BCUT2D eigenvalue weighted by Crippen LogP contribution is 2.19. The molecule has 0 bridgehead atoms. The van der Waals surface area contributed by atoms with Gasteiger partial charge in [0.25, 0.3) is 11.5 Å². The molecule has 0 spiro atoms. The number of hydrogen-bond donors (Lipinski definition) is 3. The van der Waals surface area contributed by atoms with Gasteiger partial charge in [0.05, 0.1) is 6.54 Å². The van der Waals surface area contributed by atoms with Gasteiger partial charge in [-0.25, -0.2) is 0 Å². The predicted octanol–water partition coefficient (Wildman–Crippen LogP) is 2.17. The number of aromatic amines is 1. The number of fused-ring (bicyclic) bond motifs is 1.